The third-order valence-corrected chi connectivity index (χ3v) is 4.73. The molecule has 6 heteroatoms. The second-order valence-electron chi connectivity index (χ2n) is 4.34. The molecule has 0 aliphatic carbocycles. The lowest BCUT2D eigenvalue weighted by Gasteiger charge is -2.18. The Labute approximate surface area is 121 Å². The maximum absolute atomic E-state index is 12.5. The van der Waals surface area contributed by atoms with Crippen molar-refractivity contribution >= 4 is 10.0 Å². The lowest BCUT2D eigenvalue weighted by Crippen LogP contribution is -2.27. The highest BCUT2D eigenvalue weighted by molar-refractivity contribution is 7.89. The third-order valence-electron chi connectivity index (χ3n) is 2.88. The number of likely N-dealkylation sites (N-methyl/N-ethyl adjacent to an activating group) is 1. The Morgan fingerprint density at radius 2 is 2.15 bits per heavy atom. The molecule has 20 heavy (non-hydrogen) atoms. The van der Waals surface area contributed by atoms with Gasteiger partial charge in [-0.25, -0.2) is 8.42 Å². The molecule has 1 aromatic rings. The summed E-state index contributed by atoms with van der Waals surface area (Å²) in [6.45, 7) is 7.26. The van der Waals surface area contributed by atoms with Crippen LogP contribution in [0, 0.1) is 0 Å². The maximum atomic E-state index is 12.5. The predicted octanol–water partition coefficient (Wildman–Crippen LogP) is 1.61. The van der Waals surface area contributed by atoms with E-state index < -0.39 is 10.0 Å². The van der Waals surface area contributed by atoms with Crippen LogP contribution in [0.2, 0.25) is 0 Å². The minimum atomic E-state index is -3.58. The van der Waals surface area contributed by atoms with Gasteiger partial charge in [-0.05, 0) is 24.2 Å². The van der Waals surface area contributed by atoms with Gasteiger partial charge in [-0.3, -0.25) is 0 Å². The minimum absolute atomic E-state index is 0.180. The molecule has 0 saturated heterocycles. The van der Waals surface area contributed by atoms with E-state index in [1.165, 1.54) is 18.5 Å². The quantitative estimate of drug-likeness (QED) is 0.741. The highest BCUT2D eigenvalue weighted by Gasteiger charge is 2.24. The van der Waals surface area contributed by atoms with Gasteiger partial charge in [-0.1, -0.05) is 19.1 Å². The normalized spacial score (nSPS) is 11.6. The Bertz CT molecular complexity index is 556. The van der Waals surface area contributed by atoms with Crippen molar-refractivity contribution in [2.75, 3.05) is 27.2 Å². The monoisotopic (exact) mass is 298 g/mol. The van der Waals surface area contributed by atoms with E-state index in [-0.39, 0.29) is 11.4 Å². The van der Waals surface area contributed by atoms with Gasteiger partial charge in [0.1, 0.15) is 10.6 Å². The lowest BCUT2D eigenvalue weighted by atomic mass is 10.2. The molecule has 0 aliphatic rings. The van der Waals surface area contributed by atoms with Gasteiger partial charge in [0.2, 0.25) is 10.0 Å². The minimum Gasteiger partial charge on any atom is -0.495 e. The molecule has 5 nitrogen and oxygen atoms in total. The summed E-state index contributed by atoms with van der Waals surface area (Å²) in [5, 5.41) is 3.17. The second-order valence-corrected chi connectivity index (χ2v) is 6.35. The lowest BCUT2D eigenvalue weighted by molar-refractivity contribution is 0.399. The number of benzene rings is 1. The molecule has 0 amide bonds. The van der Waals surface area contributed by atoms with Crippen molar-refractivity contribution in [2.24, 2.45) is 0 Å². The fourth-order valence-corrected chi connectivity index (χ4v) is 3.09. The fraction of sp³-hybridized carbons (Fsp3) is 0.429. The van der Waals surface area contributed by atoms with Crippen LogP contribution in [0.5, 0.6) is 5.75 Å². The summed E-state index contributed by atoms with van der Waals surface area (Å²) < 4.78 is 31.4. The average molecular weight is 298 g/mol. The van der Waals surface area contributed by atoms with Crippen molar-refractivity contribution in [3.63, 3.8) is 0 Å². The number of methoxy groups -OCH3 is 1. The van der Waals surface area contributed by atoms with E-state index >= 15 is 0 Å². The molecule has 1 aromatic carbocycles. The van der Waals surface area contributed by atoms with E-state index in [1.807, 2.05) is 13.0 Å². The number of nitrogens with zero attached hydrogens (tertiary/aromatic N) is 1. The van der Waals surface area contributed by atoms with Gasteiger partial charge in [0.25, 0.3) is 0 Å². The SMILES string of the molecule is C=CCN(C)S(=O)(=O)c1cc(CNCC)ccc1OC. The Morgan fingerprint density at radius 1 is 1.45 bits per heavy atom. The molecule has 0 saturated carbocycles. The van der Waals surface area contributed by atoms with Crippen LogP contribution in [-0.4, -0.2) is 40.0 Å². The summed E-state index contributed by atoms with van der Waals surface area (Å²) in [5.41, 5.74) is 0.901. The molecule has 1 N–H and O–H groups in total. The number of ether oxygens (including phenoxy) is 1. The van der Waals surface area contributed by atoms with Crippen LogP contribution in [0.4, 0.5) is 0 Å². The van der Waals surface area contributed by atoms with Crippen LogP contribution in [0.1, 0.15) is 12.5 Å². The standard InChI is InChI=1S/C14H22N2O3S/c1-5-9-16(3)20(17,18)14-10-12(11-15-6-2)7-8-13(14)19-4/h5,7-8,10,15H,1,6,9,11H2,2-4H3. The van der Waals surface area contributed by atoms with Crippen molar-refractivity contribution < 1.29 is 13.2 Å². The van der Waals surface area contributed by atoms with Crippen LogP contribution < -0.4 is 10.1 Å². The van der Waals surface area contributed by atoms with Crippen molar-refractivity contribution in [2.45, 2.75) is 18.4 Å². The van der Waals surface area contributed by atoms with E-state index in [0.29, 0.717) is 12.3 Å². The van der Waals surface area contributed by atoms with Crippen LogP contribution in [0.3, 0.4) is 0 Å². The molecule has 0 unspecified atom stereocenters. The van der Waals surface area contributed by atoms with Gasteiger partial charge < -0.3 is 10.1 Å². The summed E-state index contributed by atoms with van der Waals surface area (Å²) in [4.78, 5) is 0.180. The number of rotatable bonds is 8. The average Bonchev–Trinajstić information content (AvgIpc) is 2.45. The Kier molecular flexibility index (Phi) is 6.19. The van der Waals surface area contributed by atoms with E-state index in [4.69, 9.17) is 4.74 Å². The van der Waals surface area contributed by atoms with Crippen LogP contribution in [-0.2, 0) is 16.6 Å². The zero-order valence-electron chi connectivity index (χ0n) is 12.2. The topological polar surface area (TPSA) is 58.6 Å². The summed E-state index contributed by atoms with van der Waals surface area (Å²) in [5.74, 6) is 0.348. The molecule has 0 fully saturated rings. The highest BCUT2D eigenvalue weighted by atomic mass is 32.2. The maximum Gasteiger partial charge on any atom is 0.246 e. The van der Waals surface area contributed by atoms with Crippen LogP contribution in [0.15, 0.2) is 35.7 Å². The summed E-state index contributed by atoms with van der Waals surface area (Å²) in [6.07, 6.45) is 1.55. The molecule has 112 valence electrons. The highest BCUT2D eigenvalue weighted by Crippen LogP contribution is 2.27. The molecule has 0 radical (unpaired) electrons. The first kappa shape index (κ1) is 16.7. The first-order valence-corrected chi connectivity index (χ1v) is 7.86. The van der Waals surface area contributed by atoms with Crippen molar-refractivity contribution in [3.8, 4) is 5.75 Å². The molecule has 0 bridgehead atoms. The van der Waals surface area contributed by atoms with Gasteiger partial charge in [0, 0.05) is 20.1 Å². The van der Waals surface area contributed by atoms with Crippen LogP contribution >= 0.6 is 0 Å². The third kappa shape index (κ3) is 3.82. The number of hydrogen-bond acceptors (Lipinski definition) is 4. The van der Waals surface area contributed by atoms with E-state index in [0.717, 1.165) is 12.1 Å². The largest absolute Gasteiger partial charge is 0.495 e. The van der Waals surface area contributed by atoms with Gasteiger partial charge in [0.15, 0.2) is 0 Å². The zero-order valence-corrected chi connectivity index (χ0v) is 13.0. The first-order valence-electron chi connectivity index (χ1n) is 6.42. The van der Waals surface area contributed by atoms with E-state index in [1.54, 1.807) is 18.2 Å². The summed E-state index contributed by atoms with van der Waals surface area (Å²) >= 11 is 0. The van der Waals surface area contributed by atoms with Gasteiger partial charge in [0.05, 0.1) is 7.11 Å². The van der Waals surface area contributed by atoms with Gasteiger partial charge in [-0.2, -0.15) is 4.31 Å². The van der Waals surface area contributed by atoms with Crippen molar-refractivity contribution in [1.82, 2.24) is 9.62 Å². The van der Waals surface area contributed by atoms with Crippen molar-refractivity contribution in [1.29, 1.82) is 0 Å². The number of hydrogen-bond donors (Lipinski definition) is 1. The molecular weight excluding hydrogens is 276 g/mol. The summed E-state index contributed by atoms with van der Waals surface area (Å²) in [7, 11) is -0.597. The predicted molar refractivity (Wildman–Crippen MR) is 80.4 cm³/mol. The Balaban J connectivity index is 3.22. The number of nitrogens with one attached hydrogen (secondary N) is 1. The summed E-state index contributed by atoms with van der Waals surface area (Å²) in [6, 6.07) is 5.19. The molecule has 0 spiro atoms. The smallest absolute Gasteiger partial charge is 0.246 e. The molecule has 0 heterocycles. The van der Waals surface area contributed by atoms with E-state index in [2.05, 4.69) is 11.9 Å². The first-order chi connectivity index (χ1) is 9.47. The molecule has 0 atom stereocenters. The van der Waals surface area contributed by atoms with Crippen molar-refractivity contribution in [3.05, 3.63) is 36.4 Å². The Morgan fingerprint density at radius 3 is 2.70 bits per heavy atom. The van der Waals surface area contributed by atoms with Gasteiger partial charge >= 0.3 is 0 Å². The van der Waals surface area contributed by atoms with Gasteiger partial charge in [-0.15, -0.1) is 6.58 Å². The fourth-order valence-electron chi connectivity index (χ4n) is 1.75. The Hall–Kier alpha value is -1.37. The zero-order chi connectivity index (χ0) is 15.2. The molecule has 0 aromatic heterocycles. The molecular formula is C14H22N2O3S. The second kappa shape index (κ2) is 7.42. The molecule has 0 aliphatic heterocycles. The number of sulfonamides is 1. The van der Waals surface area contributed by atoms with E-state index in [9.17, 15) is 8.42 Å². The van der Waals surface area contributed by atoms with Crippen LogP contribution in [0.25, 0.3) is 0 Å². The molecule has 1 rings (SSSR count).